The van der Waals surface area contributed by atoms with Crippen LogP contribution in [0.15, 0.2) is 23.1 Å². The van der Waals surface area contributed by atoms with Gasteiger partial charge in [-0.2, -0.15) is 0 Å². The normalized spacial score (nSPS) is 10.5. The van der Waals surface area contributed by atoms with E-state index in [0.29, 0.717) is 0 Å². The van der Waals surface area contributed by atoms with E-state index < -0.39 is 0 Å². The van der Waals surface area contributed by atoms with Crippen molar-refractivity contribution in [2.24, 2.45) is 0 Å². The molecule has 0 saturated carbocycles. The highest BCUT2D eigenvalue weighted by atomic mass is 32.2. The van der Waals surface area contributed by atoms with Gasteiger partial charge in [0, 0.05) is 24.3 Å². The lowest BCUT2D eigenvalue weighted by molar-refractivity contribution is 0.194. The van der Waals surface area contributed by atoms with Crippen molar-refractivity contribution in [2.75, 3.05) is 25.2 Å². The zero-order valence-corrected chi connectivity index (χ0v) is 10.3. The number of thioether (sulfide) groups is 1. The quantitative estimate of drug-likeness (QED) is 0.459. The lowest BCUT2D eigenvalue weighted by Gasteiger charge is -2.04. The smallest absolute Gasteiger partial charge is 0.0462 e. The van der Waals surface area contributed by atoms with Gasteiger partial charge in [-0.25, -0.2) is 0 Å². The first-order valence-electron chi connectivity index (χ1n) is 5.22. The molecule has 1 rings (SSSR count). The average Bonchev–Trinajstić information content (AvgIpc) is 2.23. The van der Waals surface area contributed by atoms with Gasteiger partial charge in [0.2, 0.25) is 0 Å². The van der Waals surface area contributed by atoms with Crippen LogP contribution in [0.2, 0.25) is 0 Å². The van der Waals surface area contributed by atoms with Crippen molar-refractivity contribution in [3.05, 3.63) is 23.8 Å². The minimum atomic E-state index is 0.862. The summed E-state index contributed by atoms with van der Waals surface area (Å²) in [6.07, 6.45) is 2.33. The summed E-state index contributed by atoms with van der Waals surface area (Å²) in [5.74, 6) is 1.15. The molecule has 0 saturated heterocycles. The highest BCUT2D eigenvalue weighted by Gasteiger charge is 1.97. The van der Waals surface area contributed by atoms with Crippen molar-refractivity contribution in [1.82, 2.24) is 0 Å². The molecule has 84 valence electrons. The number of benzene rings is 1. The van der Waals surface area contributed by atoms with E-state index in [1.807, 2.05) is 24.8 Å². The maximum atomic E-state index is 5.76. The van der Waals surface area contributed by atoms with E-state index in [-0.39, 0.29) is 0 Å². The van der Waals surface area contributed by atoms with Crippen molar-refractivity contribution in [3.63, 3.8) is 0 Å². The molecule has 2 N–H and O–H groups in total. The second-order valence-corrected chi connectivity index (χ2v) is 4.74. The second-order valence-electron chi connectivity index (χ2n) is 3.57. The number of aryl methyl sites for hydroxylation is 1. The molecule has 0 radical (unpaired) electrons. The van der Waals surface area contributed by atoms with E-state index in [1.165, 1.54) is 11.3 Å². The maximum Gasteiger partial charge on any atom is 0.0462 e. The molecule has 0 fully saturated rings. The molecule has 0 unspecified atom stereocenters. The van der Waals surface area contributed by atoms with E-state index in [1.54, 1.807) is 7.11 Å². The third-order valence-electron chi connectivity index (χ3n) is 2.25. The predicted molar refractivity (Wildman–Crippen MR) is 67.4 cm³/mol. The lowest BCUT2D eigenvalue weighted by atomic mass is 10.2. The van der Waals surface area contributed by atoms with Crippen LogP contribution in [0.1, 0.15) is 18.4 Å². The van der Waals surface area contributed by atoms with Gasteiger partial charge < -0.3 is 10.5 Å². The zero-order valence-electron chi connectivity index (χ0n) is 9.45. The summed E-state index contributed by atoms with van der Waals surface area (Å²) in [4.78, 5) is 1.30. The van der Waals surface area contributed by atoms with Crippen LogP contribution in [0, 0.1) is 6.92 Å². The summed E-state index contributed by atoms with van der Waals surface area (Å²) in [6, 6.07) is 6.21. The number of nitrogen functional groups attached to an aromatic ring is 1. The van der Waals surface area contributed by atoms with Crippen LogP contribution in [0.3, 0.4) is 0 Å². The van der Waals surface area contributed by atoms with Crippen LogP contribution < -0.4 is 5.73 Å². The van der Waals surface area contributed by atoms with Gasteiger partial charge in [-0.15, -0.1) is 11.8 Å². The highest BCUT2D eigenvalue weighted by molar-refractivity contribution is 7.99. The molecule has 0 bridgehead atoms. The number of unbranched alkanes of at least 4 members (excludes halogenated alkanes) is 1. The molecular formula is C12H19NOS. The molecule has 0 aliphatic carbocycles. The predicted octanol–water partition coefficient (Wildman–Crippen LogP) is 3.10. The molecule has 0 heterocycles. The second kappa shape index (κ2) is 6.75. The molecule has 0 amide bonds. The highest BCUT2D eigenvalue weighted by Crippen LogP contribution is 2.23. The van der Waals surface area contributed by atoms with Crippen molar-refractivity contribution in [2.45, 2.75) is 24.7 Å². The SMILES string of the molecule is COCCCCSc1ccc(N)c(C)c1. The Bertz CT molecular complexity index is 302. The lowest BCUT2D eigenvalue weighted by Crippen LogP contribution is -1.91. The first-order chi connectivity index (χ1) is 7.24. The molecule has 15 heavy (non-hydrogen) atoms. The Morgan fingerprint density at radius 1 is 1.33 bits per heavy atom. The first kappa shape index (κ1) is 12.4. The van der Waals surface area contributed by atoms with Crippen LogP contribution >= 0.6 is 11.8 Å². The third kappa shape index (κ3) is 4.58. The molecule has 1 aromatic carbocycles. The van der Waals surface area contributed by atoms with E-state index >= 15 is 0 Å². The minimum Gasteiger partial charge on any atom is -0.399 e. The Kier molecular flexibility index (Phi) is 5.58. The molecule has 3 heteroatoms. The molecule has 0 spiro atoms. The monoisotopic (exact) mass is 225 g/mol. The van der Waals surface area contributed by atoms with Crippen molar-refractivity contribution in [3.8, 4) is 0 Å². The van der Waals surface area contributed by atoms with E-state index in [9.17, 15) is 0 Å². The fraction of sp³-hybridized carbons (Fsp3) is 0.500. The largest absolute Gasteiger partial charge is 0.399 e. The molecule has 1 aromatic rings. The van der Waals surface area contributed by atoms with Crippen LogP contribution in [-0.2, 0) is 4.74 Å². The van der Waals surface area contributed by atoms with E-state index in [4.69, 9.17) is 10.5 Å². The van der Waals surface area contributed by atoms with Gasteiger partial charge in [0.25, 0.3) is 0 Å². The van der Waals surface area contributed by atoms with Crippen LogP contribution in [0.4, 0.5) is 5.69 Å². The number of ether oxygens (including phenoxy) is 1. The third-order valence-corrected chi connectivity index (χ3v) is 3.33. The first-order valence-corrected chi connectivity index (χ1v) is 6.20. The number of hydrogen-bond donors (Lipinski definition) is 1. The van der Waals surface area contributed by atoms with Crippen molar-refractivity contribution < 1.29 is 4.74 Å². The summed E-state index contributed by atoms with van der Waals surface area (Å²) in [5, 5.41) is 0. The summed E-state index contributed by atoms with van der Waals surface area (Å²) < 4.78 is 5.00. The fourth-order valence-electron chi connectivity index (χ4n) is 1.28. The average molecular weight is 225 g/mol. The number of hydrogen-bond acceptors (Lipinski definition) is 3. The van der Waals surface area contributed by atoms with Gasteiger partial charge in [-0.05, 0) is 49.3 Å². The molecular weight excluding hydrogens is 206 g/mol. The summed E-state index contributed by atoms with van der Waals surface area (Å²) in [7, 11) is 1.75. The van der Waals surface area contributed by atoms with Gasteiger partial charge in [0.1, 0.15) is 0 Å². The Hall–Kier alpha value is -0.670. The van der Waals surface area contributed by atoms with E-state index in [0.717, 1.165) is 30.0 Å². The standard InChI is InChI=1S/C12H19NOS/c1-10-9-11(5-6-12(10)13)15-8-4-3-7-14-2/h5-6,9H,3-4,7-8,13H2,1-2H3. The topological polar surface area (TPSA) is 35.2 Å². The van der Waals surface area contributed by atoms with Crippen LogP contribution in [0.25, 0.3) is 0 Å². The summed E-state index contributed by atoms with van der Waals surface area (Å²) >= 11 is 1.88. The van der Waals surface area contributed by atoms with Crippen molar-refractivity contribution in [1.29, 1.82) is 0 Å². The van der Waals surface area contributed by atoms with Gasteiger partial charge in [-0.1, -0.05) is 0 Å². The van der Waals surface area contributed by atoms with Crippen LogP contribution in [0.5, 0.6) is 0 Å². The Balaban J connectivity index is 2.28. The molecule has 2 nitrogen and oxygen atoms in total. The Morgan fingerprint density at radius 2 is 2.13 bits per heavy atom. The summed E-state index contributed by atoms with van der Waals surface area (Å²) in [5.41, 5.74) is 7.79. The van der Waals surface area contributed by atoms with Gasteiger partial charge in [-0.3, -0.25) is 0 Å². The molecule has 0 aliphatic heterocycles. The molecule has 0 aromatic heterocycles. The van der Waals surface area contributed by atoms with Gasteiger partial charge in [0.15, 0.2) is 0 Å². The van der Waals surface area contributed by atoms with Crippen LogP contribution in [-0.4, -0.2) is 19.5 Å². The number of anilines is 1. The van der Waals surface area contributed by atoms with Gasteiger partial charge in [0.05, 0.1) is 0 Å². The molecule has 0 atom stereocenters. The zero-order chi connectivity index (χ0) is 11.1. The van der Waals surface area contributed by atoms with Crippen molar-refractivity contribution >= 4 is 17.4 Å². The number of methoxy groups -OCH3 is 1. The number of nitrogens with two attached hydrogens (primary N) is 1. The maximum absolute atomic E-state index is 5.76. The van der Waals surface area contributed by atoms with E-state index in [2.05, 4.69) is 12.1 Å². The minimum absolute atomic E-state index is 0.862. The Labute approximate surface area is 96.2 Å². The number of rotatable bonds is 6. The summed E-state index contributed by atoms with van der Waals surface area (Å²) in [6.45, 7) is 2.91. The van der Waals surface area contributed by atoms with Gasteiger partial charge >= 0.3 is 0 Å². The molecule has 0 aliphatic rings. The fourth-order valence-corrected chi connectivity index (χ4v) is 2.28. The Morgan fingerprint density at radius 3 is 2.80 bits per heavy atom.